The van der Waals surface area contributed by atoms with Gasteiger partial charge in [-0.05, 0) is 56.2 Å². The fraction of sp³-hybridized carbons (Fsp3) is 0.542. The molecule has 1 heterocycles. The molecule has 0 aromatic heterocycles. The summed E-state index contributed by atoms with van der Waals surface area (Å²) < 4.78 is 11.8. The zero-order valence-electron chi connectivity index (χ0n) is 17.8. The number of carbonyl (C=O) groups excluding carboxylic acids is 2. The monoisotopic (exact) mass is 442 g/mol. The van der Waals surface area contributed by atoms with Crippen LogP contribution in [0, 0.1) is 11.8 Å². The second-order valence-corrected chi connectivity index (χ2v) is 9.56. The van der Waals surface area contributed by atoms with E-state index in [2.05, 4.69) is 0 Å². The molecule has 32 heavy (non-hydrogen) atoms. The van der Waals surface area contributed by atoms with Crippen molar-refractivity contribution in [2.75, 3.05) is 0 Å². The minimum absolute atomic E-state index is 0.0167. The molecule has 3 aliphatic carbocycles. The van der Waals surface area contributed by atoms with Crippen molar-refractivity contribution in [2.24, 2.45) is 11.8 Å². The molecule has 8 nitrogen and oxygen atoms in total. The third-order valence-electron chi connectivity index (χ3n) is 7.79. The number of phenolic OH excluding ortho intramolecular Hbond substituents is 1. The number of rotatable bonds is 6. The second kappa shape index (κ2) is 7.07. The molecule has 1 aliphatic heterocycles. The normalized spacial score (nSPS) is 32.2. The van der Waals surface area contributed by atoms with Gasteiger partial charge >= 0.3 is 11.9 Å². The van der Waals surface area contributed by atoms with Crippen molar-refractivity contribution in [3.8, 4) is 11.5 Å². The Balaban J connectivity index is 1.49. The van der Waals surface area contributed by atoms with Gasteiger partial charge in [-0.15, -0.1) is 0 Å². The Morgan fingerprint density at radius 3 is 2.78 bits per heavy atom. The maximum absolute atomic E-state index is 12.6. The molecule has 1 aromatic rings. The zero-order valence-corrected chi connectivity index (χ0v) is 17.8. The van der Waals surface area contributed by atoms with E-state index in [4.69, 9.17) is 9.47 Å². The predicted octanol–water partition coefficient (Wildman–Crippen LogP) is 2.38. The zero-order chi connectivity index (χ0) is 22.8. The molecule has 5 atom stereocenters. The van der Waals surface area contributed by atoms with Gasteiger partial charge in [-0.1, -0.05) is 12.5 Å². The summed E-state index contributed by atoms with van der Waals surface area (Å²) in [6, 6.07) is 3.47. The molecule has 170 valence electrons. The molecule has 8 heteroatoms. The lowest BCUT2D eigenvalue weighted by atomic mass is 9.47. The van der Waals surface area contributed by atoms with E-state index in [1.54, 1.807) is 12.1 Å². The lowest BCUT2D eigenvalue weighted by Crippen LogP contribution is -2.67. The number of aliphatic hydroxyl groups is 1. The van der Waals surface area contributed by atoms with Crippen LogP contribution in [0.15, 0.2) is 24.0 Å². The molecule has 5 rings (SSSR count). The number of ether oxygens (including phenoxy) is 2. The van der Waals surface area contributed by atoms with E-state index < -0.39 is 41.4 Å². The number of esters is 1. The standard InChI is InChI=1S/C24H26O8/c1-12(25)9-14(22(28)29)11-18(27)31-17-6-8-24(30)15-3-2-7-23(24)19-13(10-15)4-5-16(26)20(19)32-21(17)23/h4-6,14-15,21,26,30H,2-3,7-11H2,1H3,(H,28,29)/t14-,15+,21-,23-,24+/m0/s1. The second-order valence-electron chi connectivity index (χ2n) is 9.56. The molecule has 0 amide bonds. The molecule has 1 saturated carbocycles. The Labute approximate surface area is 184 Å². The van der Waals surface area contributed by atoms with Crippen molar-refractivity contribution < 1.29 is 39.2 Å². The highest BCUT2D eigenvalue weighted by Crippen LogP contribution is 2.67. The van der Waals surface area contributed by atoms with E-state index in [1.165, 1.54) is 6.92 Å². The van der Waals surface area contributed by atoms with Crippen molar-refractivity contribution in [3.63, 3.8) is 0 Å². The number of aromatic hydroxyl groups is 1. The van der Waals surface area contributed by atoms with Gasteiger partial charge in [0.05, 0.1) is 23.4 Å². The minimum atomic E-state index is -1.23. The van der Waals surface area contributed by atoms with Gasteiger partial charge in [0.2, 0.25) is 0 Å². The van der Waals surface area contributed by atoms with E-state index in [1.807, 2.05) is 6.07 Å². The Morgan fingerprint density at radius 1 is 1.28 bits per heavy atom. The molecule has 1 aromatic carbocycles. The van der Waals surface area contributed by atoms with Gasteiger partial charge in [0.15, 0.2) is 17.6 Å². The van der Waals surface area contributed by atoms with Gasteiger partial charge < -0.3 is 29.6 Å². The Morgan fingerprint density at radius 2 is 2.06 bits per heavy atom. The van der Waals surface area contributed by atoms with Crippen LogP contribution < -0.4 is 4.74 Å². The van der Waals surface area contributed by atoms with Crippen molar-refractivity contribution in [1.29, 1.82) is 0 Å². The van der Waals surface area contributed by atoms with Crippen molar-refractivity contribution in [1.82, 2.24) is 0 Å². The van der Waals surface area contributed by atoms with Crippen molar-refractivity contribution in [3.05, 3.63) is 35.1 Å². The van der Waals surface area contributed by atoms with Crippen LogP contribution >= 0.6 is 0 Å². The number of hydrogen-bond donors (Lipinski definition) is 3. The average Bonchev–Trinajstić information content (AvgIpc) is 3.06. The summed E-state index contributed by atoms with van der Waals surface area (Å²) >= 11 is 0. The van der Waals surface area contributed by atoms with Gasteiger partial charge in [0, 0.05) is 12.0 Å². The molecule has 1 fully saturated rings. The Bertz CT molecular complexity index is 1060. The quantitative estimate of drug-likeness (QED) is 0.573. The van der Waals surface area contributed by atoms with E-state index in [0.717, 1.165) is 24.0 Å². The first-order valence-electron chi connectivity index (χ1n) is 11.0. The Kier molecular flexibility index (Phi) is 4.64. The van der Waals surface area contributed by atoms with Crippen molar-refractivity contribution >= 4 is 17.7 Å². The fourth-order valence-electron chi connectivity index (χ4n) is 6.50. The molecule has 2 bridgehead atoms. The van der Waals surface area contributed by atoms with Crippen LogP contribution in [0.3, 0.4) is 0 Å². The van der Waals surface area contributed by atoms with Crippen LogP contribution in [-0.4, -0.2) is 44.7 Å². The maximum atomic E-state index is 12.6. The number of carboxylic acids is 1. The third-order valence-corrected chi connectivity index (χ3v) is 7.79. The van der Waals surface area contributed by atoms with Gasteiger partial charge in [-0.2, -0.15) is 0 Å². The van der Waals surface area contributed by atoms with E-state index in [9.17, 15) is 29.7 Å². The number of benzene rings is 1. The molecule has 0 saturated heterocycles. The first kappa shape index (κ1) is 21.0. The van der Waals surface area contributed by atoms with Gasteiger partial charge in [0.25, 0.3) is 0 Å². The summed E-state index contributed by atoms with van der Waals surface area (Å²) in [7, 11) is 0. The minimum Gasteiger partial charge on any atom is -0.504 e. The van der Waals surface area contributed by atoms with Crippen LogP contribution in [-0.2, 0) is 31.0 Å². The molecule has 0 radical (unpaired) electrons. The summed E-state index contributed by atoms with van der Waals surface area (Å²) in [6.07, 6.45) is 3.55. The molecular weight excluding hydrogens is 416 g/mol. The topological polar surface area (TPSA) is 130 Å². The van der Waals surface area contributed by atoms with E-state index in [0.29, 0.717) is 18.6 Å². The van der Waals surface area contributed by atoms with Crippen molar-refractivity contribution in [2.45, 2.75) is 69.0 Å². The highest BCUT2D eigenvalue weighted by molar-refractivity contribution is 5.85. The van der Waals surface area contributed by atoms with Crippen LogP contribution in [0.4, 0.5) is 0 Å². The number of carboxylic acid groups (broad SMARTS) is 1. The summed E-state index contributed by atoms with van der Waals surface area (Å²) in [5, 5.41) is 31.7. The summed E-state index contributed by atoms with van der Waals surface area (Å²) in [6.45, 7) is 1.28. The number of Topliss-reactive ketones (excluding diaryl/α,β-unsaturated/α-hetero) is 1. The lowest BCUT2D eigenvalue weighted by Gasteiger charge is -2.59. The summed E-state index contributed by atoms with van der Waals surface area (Å²) in [5.74, 6) is -2.90. The van der Waals surface area contributed by atoms with Gasteiger partial charge in [-0.3, -0.25) is 9.59 Å². The number of ketones is 1. The largest absolute Gasteiger partial charge is 0.504 e. The third kappa shape index (κ3) is 2.75. The Hall–Kier alpha value is -2.87. The van der Waals surface area contributed by atoms with Crippen LogP contribution in [0.1, 0.15) is 56.6 Å². The summed E-state index contributed by atoms with van der Waals surface area (Å²) in [5.41, 5.74) is -0.0545. The molecule has 0 unspecified atom stereocenters. The number of carbonyl (C=O) groups is 3. The van der Waals surface area contributed by atoms with E-state index in [-0.39, 0.29) is 36.1 Å². The first-order chi connectivity index (χ1) is 15.2. The van der Waals surface area contributed by atoms with Gasteiger partial charge in [-0.25, -0.2) is 0 Å². The first-order valence-corrected chi connectivity index (χ1v) is 11.0. The molecule has 4 aliphatic rings. The number of hydrogen-bond acceptors (Lipinski definition) is 7. The highest BCUT2D eigenvalue weighted by Gasteiger charge is 2.70. The fourth-order valence-corrected chi connectivity index (χ4v) is 6.50. The molecule has 3 N–H and O–H groups in total. The molecular formula is C24H26O8. The van der Waals surface area contributed by atoms with Crippen LogP contribution in [0.2, 0.25) is 0 Å². The number of phenols is 1. The maximum Gasteiger partial charge on any atom is 0.311 e. The smallest absolute Gasteiger partial charge is 0.311 e. The average molecular weight is 442 g/mol. The SMILES string of the molecule is CC(=O)C[C@@H](CC(=O)OC1=CC[C@@]2(O)[C@@H]3CCC[C@@]24c2c(ccc(O)c2O[C@@H]14)C3)C(=O)O. The van der Waals surface area contributed by atoms with Crippen LogP contribution in [0.25, 0.3) is 0 Å². The lowest BCUT2D eigenvalue weighted by molar-refractivity contribution is -0.162. The van der Waals surface area contributed by atoms with Crippen LogP contribution in [0.5, 0.6) is 11.5 Å². The highest BCUT2D eigenvalue weighted by atomic mass is 16.6. The van der Waals surface area contributed by atoms with E-state index >= 15 is 0 Å². The summed E-state index contributed by atoms with van der Waals surface area (Å²) in [4.78, 5) is 35.5. The predicted molar refractivity (Wildman–Crippen MR) is 110 cm³/mol. The van der Waals surface area contributed by atoms with Gasteiger partial charge in [0.1, 0.15) is 11.5 Å². The number of aliphatic carboxylic acids is 1. The molecule has 1 spiro atoms.